The molecule has 0 fully saturated rings. The number of fused-ring (bicyclic) bond motifs is 1. The van der Waals surface area contributed by atoms with Crippen LogP contribution >= 0.6 is 0 Å². The second kappa shape index (κ2) is 5.72. The van der Waals surface area contributed by atoms with Crippen LogP contribution in [0.1, 0.15) is 42.5 Å². The smallest absolute Gasteiger partial charge is 0.291 e. The number of benzene rings is 1. The number of nitrogens with zero attached hydrogens (tertiary/aromatic N) is 2. The number of H-pyrrole nitrogens is 2. The monoisotopic (exact) mass is 309 g/mol. The van der Waals surface area contributed by atoms with Crippen molar-refractivity contribution in [2.45, 2.75) is 26.2 Å². The van der Waals surface area contributed by atoms with Crippen LogP contribution in [0.5, 0.6) is 0 Å². The van der Waals surface area contributed by atoms with Crippen molar-refractivity contribution in [2.75, 3.05) is 0 Å². The lowest BCUT2D eigenvalue weighted by Gasteiger charge is -2.14. The molecule has 0 bridgehead atoms. The van der Waals surface area contributed by atoms with Gasteiger partial charge >= 0.3 is 0 Å². The Hall–Kier alpha value is -2.89. The van der Waals surface area contributed by atoms with Gasteiger partial charge in [0.15, 0.2) is 5.69 Å². The first-order chi connectivity index (χ1) is 10.9. The van der Waals surface area contributed by atoms with Crippen molar-refractivity contribution in [3.8, 4) is 0 Å². The van der Waals surface area contributed by atoms with Crippen LogP contribution in [0.4, 0.5) is 0 Å². The summed E-state index contributed by atoms with van der Waals surface area (Å²) in [6.45, 7) is 6.16. The van der Waals surface area contributed by atoms with Crippen LogP contribution in [0.2, 0.25) is 0 Å². The van der Waals surface area contributed by atoms with E-state index in [9.17, 15) is 4.79 Å². The molecule has 2 heterocycles. The number of hydrogen-bond acceptors (Lipinski definition) is 3. The molecule has 1 amide bonds. The Morgan fingerprint density at radius 2 is 2.09 bits per heavy atom. The van der Waals surface area contributed by atoms with Gasteiger partial charge in [-0.15, -0.1) is 0 Å². The third kappa shape index (κ3) is 3.15. The number of para-hydroxylation sites is 1. The fourth-order valence-corrected chi connectivity index (χ4v) is 2.24. The molecule has 2 aromatic heterocycles. The van der Waals surface area contributed by atoms with E-state index in [4.69, 9.17) is 0 Å². The molecule has 23 heavy (non-hydrogen) atoms. The molecule has 118 valence electrons. The highest BCUT2D eigenvalue weighted by Crippen LogP contribution is 2.20. The zero-order chi connectivity index (χ0) is 16.4. The topological polar surface area (TPSA) is 85.9 Å². The minimum absolute atomic E-state index is 0.0845. The van der Waals surface area contributed by atoms with Gasteiger partial charge in [0.05, 0.1) is 6.21 Å². The number of carbonyl (C=O) groups is 1. The molecule has 3 rings (SSSR count). The van der Waals surface area contributed by atoms with E-state index in [0.29, 0.717) is 5.69 Å². The molecule has 1 aromatic carbocycles. The molecule has 0 unspecified atom stereocenters. The quantitative estimate of drug-likeness (QED) is 0.513. The van der Waals surface area contributed by atoms with Crippen LogP contribution in [-0.2, 0) is 5.41 Å². The highest BCUT2D eigenvalue weighted by Gasteiger charge is 2.19. The van der Waals surface area contributed by atoms with Crippen molar-refractivity contribution in [1.82, 2.24) is 20.6 Å². The Labute approximate surface area is 134 Å². The molecule has 0 radical (unpaired) electrons. The van der Waals surface area contributed by atoms with E-state index in [1.165, 1.54) is 0 Å². The number of carbonyl (C=O) groups excluding carboxylic acids is 1. The van der Waals surface area contributed by atoms with E-state index in [2.05, 4.69) is 46.5 Å². The summed E-state index contributed by atoms with van der Waals surface area (Å²) < 4.78 is 0. The molecule has 0 saturated carbocycles. The minimum Gasteiger partial charge on any atom is -0.361 e. The molecule has 0 aliphatic rings. The lowest BCUT2D eigenvalue weighted by Crippen LogP contribution is -2.18. The van der Waals surface area contributed by atoms with Crippen LogP contribution < -0.4 is 5.43 Å². The van der Waals surface area contributed by atoms with Gasteiger partial charge in [0, 0.05) is 33.8 Å². The number of amides is 1. The second-order valence-electron chi connectivity index (χ2n) is 6.41. The van der Waals surface area contributed by atoms with Gasteiger partial charge in [-0.05, 0) is 12.1 Å². The average molecular weight is 309 g/mol. The van der Waals surface area contributed by atoms with Crippen molar-refractivity contribution in [2.24, 2.45) is 5.10 Å². The summed E-state index contributed by atoms with van der Waals surface area (Å²) in [5.41, 5.74) is 5.59. The predicted molar refractivity (Wildman–Crippen MR) is 90.6 cm³/mol. The molecule has 3 aromatic rings. The number of aromatic amines is 2. The van der Waals surface area contributed by atoms with Gasteiger partial charge < -0.3 is 4.98 Å². The summed E-state index contributed by atoms with van der Waals surface area (Å²) >= 11 is 0. The number of aromatic nitrogens is 3. The summed E-state index contributed by atoms with van der Waals surface area (Å²) in [7, 11) is 0. The third-order valence-electron chi connectivity index (χ3n) is 3.61. The molecule has 0 atom stereocenters. The first-order valence-corrected chi connectivity index (χ1v) is 7.40. The van der Waals surface area contributed by atoms with Crippen molar-refractivity contribution in [1.29, 1.82) is 0 Å². The maximum atomic E-state index is 12.1. The van der Waals surface area contributed by atoms with Crippen LogP contribution in [0.3, 0.4) is 0 Å². The van der Waals surface area contributed by atoms with Gasteiger partial charge in [0.25, 0.3) is 5.91 Å². The van der Waals surface area contributed by atoms with Crippen molar-refractivity contribution < 1.29 is 4.79 Å². The largest absolute Gasteiger partial charge is 0.361 e. The Balaban J connectivity index is 1.70. The van der Waals surface area contributed by atoms with E-state index >= 15 is 0 Å². The lowest BCUT2D eigenvalue weighted by molar-refractivity contribution is 0.0950. The standard InChI is InChI=1S/C17H19N5O/c1-17(2,3)15-8-14(20-21-15)16(23)22-19-10-11-9-18-13-7-5-4-6-12(11)13/h4-10,18H,1-3H3,(H,20,21)(H,22,23). The molecule has 0 aliphatic carbocycles. The van der Waals surface area contributed by atoms with Gasteiger partial charge in [0.2, 0.25) is 0 Å². The normalized spacial score (nSPS) is 12.1. The minimum atomic E-state index is -0.340. The number of rotatable bonds is 3. The second-order valence-corrected chi connectivity index (χ2v) is 6.41. The average Bonchev–Trinajstić information content (AvgIpc) is 3.14. The summed E-state index contributed by atoms with van der Waals surface area (Å²) in [5.74, 6) is -0.340. The predicted octanol–water partition coefficient (Wildman–Crippen LogP) is 2.95. The van der Waals surface area contributed by atoms with Crippen LogP contribution in [-0.4, -0.2) is 27.3 Å². The molecule has 3 N–H and O–H groups in total. The molecule has 6 nitrogen and oxygen atoms in total. The Bertz CT molecular complexity index is 866. The first-order valence-electron chi connectivity index (χ1n) is 7.40. The van der Waals surface area contributed by atoms with E-state index in [1.54, 1.807) is 12.3 Å². The number of hydrogen-bond donors (Lipinski definition) is 3. The van der Waals surface area contributed by atoms with Crippen molar-refractivity contribution >= 4 is 23.0 Å². The zero-order valence-electron chi connectivity index (χ0n) is 13.3. The third-order valence-corrected chi connectivity index (χ3v) is 3.61. The van der Waals surface area contributed by atoms with Gasteiger partial charge in [-0.3, -0.25) is 9.89 Å². The first kappa shape index (κ1) is 15.0. The van der Waals surface area contributed by atoms with Crippen LogP contribution in [0, 0.1) is 0 Å². The fraction of sp³-hybridized carbons (Fsp3) is 0.235. The Morgan fingerprint density at radius 3 is 2.83 bits per heavy atom. The lowest BCUT2D eigenvalue weighted by atomic mass is 9.92. The highest BCUT2D eigenvalue weighted by molar-refractivity contribution is 5.99. The fourth-order valence-electron chi connectivity index (χ4n) is 2.24. The van der Waals surface area contributed by atoms with Gasteiger partial charge in [-0.1, -0.05) is 39.0 Å². The Kier molecular flexibility index (Phi) is 3.73. The highest BCUT2D eigenvalue weighted by atomic mass is 16.2. The summed E-state index contributed by atoms with van der Waals surface area (Å²) in [6, 6.07) is 9.66. The van der Waals surface area contributed by atoms with Crippen LogP contribution in [0.15, 0.2) is 41.6 Å². The van der Waals surface area contributed by atoms with Gasteiger partial charge in [0.1, 0.15) is 0 Å². The van der Waals surface area contributed by atoms with Crippen molar-refractivity contribution in [3.63, 3.8) is 0 Å². The van der Waals surface area contributed by atoms with E-state index in [-0.39, 0.29) is 11.3 Å². The molecule has 0 spiro atoms. The zero-order valence-corrected chi connectivity index (χ0v) is 13.3. The summed E-state index contributed by atoms with van der Waals surface area (Å²) in [6.07, 6.45) is 3.47. The maximum Gasteiger partial charge on any atom is 0.291 e. The van der Waals surface area contributed by atoms with Crippen LogP contribution in [0.25, 0.3) is 10.9 Å². The van der Waals surface area contributed by atoms with E-state index in [0.717, 1.165) is 22.2 Å². The number of nitrogens with one attached hydrogen (secondary N) is 3. The van der Waals surface area contributed by atoms with Gasteiger partial charge in [-0.25, -0.2) is 5.43 Å². The Morgan fingerprint density at radius 1 is 1.30 bits per heavy atom. The van der Waals surface area contributed by atoms with Gasteiger partial charge in [-0.2, -0.15) is 10.2 Å². The summed E-state index contributed by atoms with van der Waals surface area (Å²) in [4.78, 5) is 15.2. The molecule has 0 aliphatic heterocycles. The summed E-state index contributed by atoms with van der Waals surface area (Å²) in [5, 5.41) is 12.0. The molecule has 6 heteroatoms. The van der Waals surface area contributed by atoms with E-state index < -0.39 is 0 Å². The molecular formula is C17H19N5O. The number of hydrazone groups is 1. The maximum absolute atomic E-state index is 12.1. The SMILES string of the molecule is CC(C)(C)c1cc(C(=O)NN=Cc2c[nH]c3ccccc23)n[nH]1. The molecular weight excluding hydrogens is 290 g/mol. The molecule has 0 saturated heterocycles. The van der Waals surface area contributed by atoms with E-state index in [1.807, 2.05) is 30.5 Å². The van der Waals surface area contributed by atoms with Crippen molar-refractivity contribution in [3.05, 3.63) is 53.5 Å².